The summed E-state index contributed by atoms with van der Waals surface area (Å²) in [7, 11) is -1.98. The van der Waals surface area contributed by atoms with Gasteiger partial charge in [-0.2, -0.15) is 4.31 Å². The molecule has 16 heavy (non-hydrogen) atoms. The van der Waals surface area contributed by atoms with Gasteiger partial charge in [-0.05, 0) is 5.56 Å². The number of benzene rings is 1. The summed E-state index contributed by atoms with van der Waals surface area (Å²) in [6, 6.07) is 8.90. The Bertz CT molecular complexity index is 456. The Kier molecular flexibility index (Phi) is 4.03. The van der Waals surface area contributed by atoms with E-state index < -0.39 is 10.0 Å². The van der Waals surface area contributed by atoms with E-state index >= 15 is 0 Å². The minimum Gasteiger partial charge on any atom is -0.387 e. The average molecular weight is 241 g/mol. The fraction of sp³-hybridized carbons (Fsp3) is 0.300. The van der Waals surface area contributed by atoms with Crippen LogP contribution in [0.2, 0.25) is 0 Å². The summed E-state index contributed by atoms with van der Waals surface area (Å²) in [5.74, 6) is -0.239. The van der Waals surface area contributed by atoms with Gasteiger partial charge in [0.25, 0.3) is 0 Å². The van der Waals surface area contributed by atoms with Crippen LogP contribution >= 0.6 is 0 Å². The molecule has 0 heterocycles. The molecule has 0 unspecified atom stereocenters. The third-order valence-corrected chi connectivity index (χ3v) is 3.84. The zero-order valence-electron chi connectivity index (χ0n) is 9.05. The van der Waals surface area contributed by atoms with Crippen LogP contribution in [-0.4, -0.2) is 32.2 Å². The van der Waals surface area contributed by atoms with E-state index in [2.05, 4.69) is 0 Å². The lowest BCUT2D eigenvalue weighted by Gasteiger charge is -2.16. The highest BCUT2D eigenvalue weighted by Gasteiger charge is 2.18. The first-order valence-electron chi connectivity index (χ1n) is 4.72. The average Bonchev–Trinajstić information content (AvgIpc) is 2.17. The van der Waals surface area contributed by atoms with Gasteiger partial charge in [0, 0.05) is 7.05 Å². The van der Waals surface area contributed by atoms with Crippen LogP contribution in [0.1, 0.15) is 5.56 Å². The number of nitrogens with one attached hydrogen (secondary N) is 1. The maximum Gasteiger partial charge on any atom is 0.218 e. The number of amidine groups is 1. The van der Waals surface area contributed by atoms with Gasteiger partial charge in [0.05, 0.1) is 12.3 Å². The van der Waals surface area contributed by atoms with Gasteiger partial charge >= 0.3 is 0 Å². The molecule has 0 bridgehead atoms. The van der Waals surface area contributed by atoms with Crippen molar-refractivity contribution < 1.29 is 8.42 Å². The summed E-state index contributed by atoms with van der Waals surface area (Å²) < 4.78 is 24.7. The highest BCUT2D eigenvalue weighted by Crippen LogP contribution is 2.08. The van der Waals surface area contributed by atoms with E-state index in [0.717, 1.165) is 9.87 Å². The van der Waals surface area contributed by atoms with Gasteiger partial charge in [-0.15, -0.1) is 0 Å². The lowest BCUT2D eigenvalue weighted by molar-refractivity contribution is 0.503. The van der Waals surface area contributed by atoms with Crippen LogP contribution in [0.4, 0.5) is 0 Å². The zero-order chi connectivity index (χ0) is 12.2. The molecule has 0 amide bonds. The minimum absolute atomic E-state index is 0.0718. The molecular weight excluding hydrogens is 226 g/mol. The summed E-state index contributed by atoms with van der Waals surface area (Å²) in [5, 5.41) is 7.06. The number of likely N-dealkylation sites (N-methyl/N-ethyl adjacent to an activating group) is 1. The van der Waals surface area contributed by atoms with Crippen molar-refractivity contribution in [1.29, 1.82) is 5.41 Å². The van der Waals surface area contributed by atoms with Gasteiger partial charge in [0.2, 0.25) is 10.0 Å². The van der Waals surface area contributed by atoms with Crippen molar-refractivity contribution in [2.75, 3.05) is 13.6 Å². The molecule has 5 nitrogen and oxygen atoms in total. The number of hydrogen-bond donors (Lipinski definition) is 2. The van der Waals surface area contributed by atoms with E-state index in [-0.39, 0.29) is 18.1 Å². The molecule has 0 atom stereocenters. The summed E-state index contributed by atoms with van der Waals surface area (Å²) in [5.41, 5.74) is 5.88. The summed E-state index contributed by atoms with van der Waals surface area (Å²) in [6.07, 6.45) is 0. The van der Waals surface area contributed by atoms with Crippen LogP contribution in [-0.2, 0) is 15.8 Å². The monoisotopic (exact) mass is 241 g/mol. The predicted molar refractivity (Wildman–Crippen MR) is 63.6 cm³/mol. The van der Waals surface area contributed by atoms with Gasteiger partial charge in [-0.1, -0.05) is 30.3 Å². The fourth-order valence-electron chi connectivity index (χ4n) is 1.23. The van der Waals surface area contributed by atoms with Crippen LogP contribution in [0.25, 0.3) is 0 Å². The maximum atomic E-state index is 11.8. The molecule has 0 saturated carbocycles. The lowest BCUT2D eigenvalue weighted by atomic mass is 10.2. The third-order valence-electron chi connectivity index (χ3n) is 2.06. The fourth-order valence-corrected chi connectivity index (χ4v) is 2.40. The number of rotatable bonds is 5. The van der Waals surface area contributed by atoms with Crippen LogP contribution in [0.15, 0.2) is 30.3 Å². The molecule has 3 N–H and O–H groups in total. The number of sulfonamides is 1. The Morgan fingerprint density at radius 1 is 1.38 bits per heavy atom. The van der Waals surface area contributed by atoms with Crippen LogP contribution in [0.3, 0.4) is 0 Å². The molecule has 0 fully saturated rings. The van der Waals surface area contributed by atoms with Gasteiger partial charge in [-0.25, -0.2) is 8.42 Å². The molecule has 0 aliphatic heterocycles. The molecule has 0 aliphatic carbocycles. The van der Waals surface area contributed by atoms with E-state index in [1.54, 1.807) is 24.3 Å². The van der Waals surface area contributed by atoms with Crippen LogP contribution in [0.5, 0.6) is 0 Å². The van der Waals surface area contributed by atoms with Gasteiger partial charge in [0.1, 0.15) is 5.84 Å². The van der Waals surface area contributed by atoms with Crippen molar-refractivity contribution in [3.05, 3.63) is 35.9 Å². The van der Waals surface area contributed by atoms with Crippen molar-refractivity contribution in [3.8, 4) is 0 Å². The number of nitrogens with zero attached hydrogens (tertiary/aromatic N) is 1. The summed E-state index contributed by atoms with van der Waals surface area (Å²) in [4.78, 5) is 0. The smallest absolute Gasteiger partial charge is 0.218 e. The summed E-state index contributed by atoms with van der Waals surface area (Å²) >= 11 is 0. The molecule has 6 heteroatoms. The Labute approximate surface area is 95.4 Å². The SMILES string of the molecule is CN(CC(=N)N)S(=O)(=O)Cc1ccccc1. The van der Waals surface area contributed by atoms with Crippen molar-refractivity contribution in [3.63, 3.8) is 0 Å². The lowest BCUT2D eigenvalue weighted by Crippen LogP contribution is -2.35. The van der Waals surface area contributed by atoms with Crippen LogP contribution < -0.4 is 5.73 Å². The standard InChI is InChI=1S/C10H15N3O2S/c1-13(7-10(11)12)16(14,15)8-9-5-3-2-4-6-9/h2-6H,7-8H2,1H3,(H3,11,12). The number of nitrogens with two attached hydrogens (primary N) is 1. The Balaban J connectivity index is 2.76. The van der Waals surface area contributed by atoms with Crippen molar-refractivity contribution in [2.45, 2.75) is 5.75 Å². The van der Waals surface area contributed by atoms with Crippen molar-refractivity contribution in [2.24, 2.45) is 5.73 Å². The highest BCUT2D eigenvalue weighted by atomic mass is 32.2. The van der Waals surface area contributed by atoms with E-state index in [9.17, 15) is 8.42 Å². The first-order valence-corrected chi connectivity index (χ1v) is 6.33. The molecule has 1 aromatic rings. The molecule has 88 valence electrons. The molecule has 0 radical (unpaired) electrons. The van der Waals surface area contributed by atoms with Gasteiger partial charge in [-0.3, -0.25) is 5.41 Å². The minimum atomic E-state index is -3.40. The van der Waals surface area contributed by atoms with E-state index in [0.29, 0.717) is 0 Å². The Morgan fingerprint density at radius 3 is 2.44 bits per heavy atom. The topological polar surface area (TPSA) is 87.2 Å². The van der Waals surface area contributed by atoms with E-state index in [1.165, 1.54) is 7.05 Å². The van der Waals surface area contributed by atoms with E-state index in [1.807, 2.05) is 6.07 Å². The van der Waals surface area contributed by atoms with Crippen LogP contribution in [0, 0.1) is 5.41 Å². The second-order valence-corrected chi connectivity index (χ2v) is 5.60. The molecular formula is C10H15N3O2S. The normalized spacial score (nSPS) is 11.6. The molecule has 0 spiro atoms. The largest absolute Gasteiger partial charge is 0.387 e. The molecule has 1 aromatic carbocycles. The van der Waals surface area contributed by atoms with Crippen molar-refractivity contribution >= 4 is 15.9 Å². The zero-order valence-corrected chi connectivity index (χ0v) is 9.87. The molecule has 0 aliphatic rings. The number of hydrogen-bond acceptors (Lipinski definition) is 3. The highest BCUT2D eigenvalue weighted by molar-refractivity contribution is 7.88. The first kappa shape index (κ1) is 12.7. The first-order chi connectivity index (χ1) is 7.42. The van der Waals surface area contributed by atoms with Gasteiger partial charge < -0.3 is 5.73 Å². The molecule has 1 rings (SSSR count). The second kappa shape index (κ2) is 5.09. The summed E-state index contributed by atoms with van der Waals surface area (Å²) in [6.45, 7) is -0.0742. The molecule has 0 aromatic heterocycles. The quantitative estimate of drug-likeness (QED) is 0.577. The van der Waals surface area contributed by atoms with Crippen molar-refractivity contribution in [1.82, 2.24) is 4.31 Å². The second-order valence-electron chi connectivity index (χ2n) is 3.52. The maximum absolute atomic E-state index is 11.8. The molecule has 0 saturated heterocycles. The predicted octanol–water partition coefficient (Wildman–Crippen LogP) is 0.384. The Morgan fingerprint density at radius 2 is 1.94 bits per heavy atom. The van der Waals surface area contributed by atoms with E-state index in [4.69, 9.17) is 11.1 Å². The third kappa shape index (κ3) is 3.63. The Hall–Kier alpha value is -1.40. The van der Waals surface area contributed by atoms with Gasteiger partial charge in [0.15, 0.2) is 0 Å².